The highest BCUT2D eigenvalue weighted by Gasteiger charge is 2.41. The first-order chi connectivity index (χ1) is 10.6. The molecule has 6 heteroatoms. The van der Waals surface area contributed by atoms with E-state index in [2.05, 4.69) is 15.6 Å². The first-order valence-corrected chi connectivity index (χ1v) is 8.55. The van der Waals surface area contributed by atoms with Crippen molar-refractivity contribution in [3.63, 3.8) is 0 Å². The van der Waals surface area contributed by atoms with E-state index >= 15 is 0 Å². The Morgan fingerprint density at radius 1 is 1.18 bits per heavy atom. The Labute approximate surface area is 132 Å². The molecule has 2 saturated heterocycles. The molecular formula is C16H28N4O2. The molecule has 6 nitrogen and oxygen atoms in total. The molecule has 3 rings (SSSR count). The fraction of sp³-hybridized carbons (Fsp3) is 0.875. The van der Waals surface area contributed by atoms with E-state index in [1.54, 1.807) is 19.0 Å². The molecule has 0 radical (unpaired) electrons. The van der Waals surface area contributed by atoms with Gasteiger partial charge in [0.15, 0.2) is 5.96 Å². The standard InChI is InChI=1S/C16H28N4O2/c1-20(2)15(21)10-17-16(18-11-5-3-4-6-11)19-13-9-12-7-8-14(13)22-12/h11-14H,3-10H2,1-2H3,(H2,17,18,19). The zero-order valence-corrected chi connectivity index (χ0v) is 13.7. The van der Waals surface area contributed by atoms with E-state index in [0.29, 0.717) is 24.3 Å². The maximum atomic E-state index is 11.8. The van der Waals surface area contributed by atoms with Crippen LogP contribution in [0.5, 0.6) is 0 Å². The van der Waals surface area contributed by atoms with Crippen LogP contribution in [0, 0.1) is 0 Å². The monoisotopic (exact) mass is 308 g/mol. The SMILES string of the molecule is CN(C)C(=O)CN=C(NC1CCCC1)NC1CC2CCC1O2. The van der Waals surface area contributed by atoms with Gasteiger partial charge < -0.3 is 20.3 Å². The molecular weight excluding hydrogens is 280 g/mol. The Morgan fingerprint density at radius 3 is 2.55 bits per heavy atom. The van der Waals surface area contributed by atoms with Crippen LogP contribution in [0.3, 0.4) is 0 Å². The van der Waals surface area contributed by atoms with E-state index in [4.69, 9.17) is 4.74 Å². The van der Waals surface area contributed by atoms with Crippen LogP contribution in [-0.4, -0.2) is 61.7 Å². The molecule has 3 atom stereocenters. The van der Waals surface area contributed by atoms with Crippen LogP contribution in [0.4, 0.5) is 0 Å². The summed E-state index contributed by atoms with van der Waals surface area (Å²) in [5.74, 6) is 0.806. The van der Waals surface area contributed by atoms with Gasteiger partial charge in [0, 0.05) is 20.1 Å². The van der Waals surface area contributed by atoms with Crippen LogP contribution < -0.4 is 10.6 Å². The molecule has 3 fully saturated rings. The number of nitrogens with zero attached hydrogens (tertiary/aromatic N) is 2. The predicted octanol–water partition coefficient (Wildman–Crippen LogP) is 0.872. The van der Waals surface area contributed by atoms with Gasteiger partial charge in [0.25, 0.3) is 0 Å². The van der Waals surface area contributed by atoms with Gasteiger partial charge >= 0.3 is 0 Å². The van der Waals surface area contributed by atoms with Gasteiger partial charge in [-0.2, -0.15) is 0 Å². The van der Waals surface area contributed by atoms with Gasteiger partial charge in [0.05, 0.1) is 18.2 Å². The number of rotatable bonds is 4. The summed E-state index contributed by atoms with van der Waals surface area (Å²) in [6, 6.07) is 0.820. The Bertz CT molecular complexity index is 432. The van der Waals surface area contributed by atoms with Gasteiger partial charge in [-0.3, -0.25) is 4.79 Å². The quantitative estimate of drug-likeness (QED) is 0.597. The zero-order valence-electron chi connectivity index (χ0n) is 13.7. The third kappa shape index (κ3) is 3.72. The highest BCUT2D eigenvalue weighted by Crippen LogP contribution is 2.34. The Kier molecular flexibility index (Phi) is 4.86. The molecule has 1 saturated carbocycles. The number of hydrogen-bond donors (Lipinski definition) is 2. The second-order valence-corrected chi connectivity index (χ2v) is 6.94. The molecule has 124 valence electrons. The predicted molar refractivity (Wildman–Crippen MR) is 85.8 cm³/mol. The molecule has 1 amide bonds. The van der Waals surface area contributed by atoms with Gasteiger partial charge in [-0.15, -0.1) is 0 Å². The molecule has 0 spiro atoms. The van der Waals surface area contributed by atoms with Gasteiger partial charge in [0.1, 0.15) is 6.54 Å². The molecule has 2 aliphatic heterocycles. The minimum Gasteiger partial charge on any atom is -0.373 e. The molecule has 3 aliphatic rings. The van der Waals surface area contributed by atoms with Crippen molar-refractivity contribution in [3.8, 4) is 0 Å². The van der Waals surface area contributed by atoms with E-state index < -0.39 is 0 Å². The Morgan fingerprint density at radius 2 is 1.95 bits per heavy atom. The molecule has 3 unspecified atom stereocenters. The Hall–Kier alpha value is -1.30. The minimum absolute atomic E-state index is 0.0247. The molecule has 1 aliphatic carbocycles. The fourth-order valence-corrected chi connectivity index (χ4v) is 3.65. The number of hydrogen-bond acceptors (Lipinski definition) is 3. The first-order valence-electron chi connectivity index (χ1n) is 8.55. The molecule has 0 aromatic rings. The zero-order chi connectivity index (χ0) is 15.5. The molecule has 2 heterocycles. The van der Waals surface area contributed by atoms with Crippen LogP contribution in [0.1, 0.15) is 44.9 Å². The van der Waals surface area contributed by atoms with Crippen LogP contribution in [0.15, 0.2) is 4.99 Å². The summed E-state index contributed by atoms with van der Waals surface area (Å²) in [4.78, 5) is 17.9. The largest absolute Gasteiger partial charge is 0.373 e. The van der Waals surface area contributed by atoms with E-state index in [9.17, 15) is 4.79 Å². The number of fused-ring (bicyclic) bond motifs is 2. The average Bonchev–Trinajstić information content (AvgIpc) is 3.21. The summed E-state index contributed by atoms with van der Waals surface area (Å²) in [5.41, 5.74) is 0. The number of nitrogens with one attached hydrogen (secondary N) is 2. The maximum Gasteiger partial charge on any atom is 0.243 e. The van der Waals surface area contributed by atoms with Crippen molar-refractivity contribution in [2.75, 3.05) is 20.6 Å². The minimum atomic E-state index is 0.0247. The van der Waals surface area contributed by atoms with Crippen molar-refractivity contribution < 1.29 is 9.53 Å². The van der Waals surface area contributed by atoms with Crippen LogP contribution >= 0.6 is 0 Å². The lowest BCUT2D eigenvalue weighted by atomic mass is 9.96. The third-order valence-electron chi connectivity index (χ3n) is 5.00. The van der Waals surface area contributed by atoms with Crippen LogP contribution in [-0.2, 0) is 9.53 Å². The maximum absolute atomic E-state index is 11.8. The Balaban J connectivity index is 1.59. The smallest absolute Gasteiger partial charge is 0.243 e. The summed E-state index contributed by atoms with van der Waals surface area (Å²) in [7, 11) is 3.53. The van der Waals surface area contributed by atoms with Crippen molar-refractivity contribution in [2.45, 2.75) is 69.2 Å². The second-order valence-electron chi connectivity index (χ2n) is 6.94. The average molecular weight is 308 g/mol. The number of carbonyl (C=O) groups excluding carboxylic acids is 1. The first kappa shape index (κ1) is 15.6. The van der Waals surface area contributed by atoms with E-state index in [0.717, 1.165) is 18.8 Å². The molecule has 2 bridgehead atoms. The lowest BCUT2D eigenvalue weighted by Gasteiger charge is -2.25. The van der Waals surface area contributed by atoms with Gasteiger partial charge in [-0.25, -0.2) is 4.99 Å². The summed E-state index contributed by atoms with van der Waals surface area (Å²) in [6.45, 7) is 0.191. The summed E-state index contributed by atoms with van der Waals surface area (Å²) < 4.78 is 5.90. The normalized spacial score (nSPS) is 31.5. The topological polar surface area (TPSA) is 66.0 Å². The number of amides is 1. The van der Waals surface area contributed by atoms with Crippen molar-refractivity contribution in [2.24, 2.45) is 4.99 Å². The number of ether oxygens (including phenoxy) is 1. The molecule has 22 heavy (non-hydrogen) atoms. The van der Waals surface area contributed by atoms with Gasteiger partial charge in [-0.05, 0) is 32.1 Å². The summed E-state index contributed by atoms with van der Waals surface area (Å²) in [5, 5.41) is 7.02. The van der Waals surface area contributed by atoms with E-state index in [-0.39, 0.29) is 12.5 Å². The highest BCUT2D eigenvalue weighted by atomic mass is 16.5. The summed E-state index contributed by atoms with van der Waals surface area (Å²) >= 11 is 0. The lowest BCUT2D eigenvalue weighted by molar-refractivity contribution is -0.127. The molecule has 2 N–H and O–H groups in total. The lowest BCUT2D eigenvalue weighted by Crippen LogP contribution is -2.50. The summed E-state index contributed by atoms with van der Waals surface area (Å²) in [6.07, 6.45) is 9.03. The third-order valence-corrected chi connectivity index (χ3v) is 5.00. The molecule has 0 aromatic carbocycles. The van der Waals surface area contributed by atoms with E-state index in [1.165, 1.54) is 32.1 Å². The number of guanidine groups is 1. The number of aliphatic imine (C=N–C) groups is 1. The van der Waals surface area contributed by atoms with Crippen molar-refractivity contribution in [1.82, 2.24) is 15.5 Å². The highest BCUT2D eigenvalue weighted by molar-refractivity contribution is 5.85. The van der Waals surface area contributed by atoms with E-state index in [1.807, 2.05) is 0 Å². The van der Waals surface area contributed by atoms with Gasteiger partial charge in [-0.1, -0.05) is 12.8 Å². The van der Waals surface area contributed by atoms with Crippen molar-refractivity contribution in [1.29, 1.82) is 0 Å². The van der Waals surface area contributed by atoms with Crippen LogP contribution in [0.25, 0.3) is 0 Å². The van der Waals surface area contributed by atoms with Crippen molar-refractivity contribution >= 4 is 11.9 Å². The fourth-order valence-electron chi connectivity index (χ4n) is 3.65. The van der Waals surface area contributed by atoms with Gasteiger partial charge in [0.2, 0.25) is 5.91 Å². The number of likely N-dealkylation sites (N-methyl/N-ethyl adjacent to an activating group) is 1. The number of carbonyl (C=O) groups is 1. The van der Waals surface area contributed by atoms with Crippen molar-refractivity contribution in [3.05, 3.63) is 0 Å². The molecule has 0 aromatic heterocycles. The second kappa shape index (κ2) is 6.86. The van der Waals surface area contributed by atoms with Crippen LogP contribution in [0.2, 0.25) is 0 Å².